The molecule has 26 heavy (non-hydrogen) atoms. The normalized spacial score (nSPS) is 10.5. The van der Waals surface area contributed by atoms with Crippen LogP contribution in [0.3, 0.4) is 0 Å². The molecule has 0 aliphatic rings. The molecule has 3 aromatic rings. The van der Waals surface area contributed by atoms with Crippen molar-refractivity contribution in [2.24, 2.45) is 0 Å². The second-order valence-corrected chi connectivity index (χ2v) is 6.61. The summed E-state index contributed by atoms with van der Waals surface area (Å²) in [6.45, 7) is 0. The van der Waals surface area contributed by atoms with Crippen molar-refractivity contribution in [3.8, 4) is 0 Å². The van der Waals surface area contributed by atoms with E-state index in [0.717, 1.165) is 16.5 Å². The molecular weight excluding hydrogens is 351 g/mol. The van der Waals surface area contributed by atoms with E-state index in [0.29, 0.717) is 5.69 Å². The van der Waals surface area contributed by atoms with Gasteiger partial charge in [0, 0.05) is 16.8 Å². The van der Waals surface area contributed by atoms with Crippen LogP contribution in [0.4, 0.5) is 15.8 Å². The van der Waals surface area contributed by atoms with Gasteiger partial charge in [-0.25, -0.2) is 4.39 Å². The van der Waals surface area contributed by atoms with Crippen LogP contribution in [0, 0.1) is 5.82 Å². The molecule has 0 aliphatic carbocycles. The molecule has 0 aromatic heterocycles. The molecule has 4 nitrogen and oxygen atoms in total. The van der Waals surface area contributed by atoms with Crippen LogP contribution in [-0.2, 0) is 9.59 Å². The lowest BCUT2D eigenvalue weighted by Crippen LogP contribution is -2.18. The first-order valence-electron chi connectivity index (χ1n) is 8.02. The highest BCUT2D eigenvalue weighted by molar-refractivity contribution is 8.00. The summed E-state index contributed by atoms with van der Waals surface area (Å²) >= 11 is 1.20. The number of anilines is 2. The predicted molar refractivity (Wildman–Crippen MR) is 105 cm³/mol. The third-order valence-corrected chi connectivity index (χ3v) is 4.57. The fraction of sp³-hybridized carbons (Fsp3) is 0.100. The summed E-state index contributed by atoms with van der Waals surface area (Å²) in [6, 6.07) is 19.2. The number of amides is 2. The van der Waals surface area contributed by atoms with E-state index in [9.17, 15) is 14.0 Å². The summed E-state index contributed by atoms with van der Waals surface area (Å²) in [6.07, 6.45) is 0. The molecule has 0 unspecified atom stereocenters. The Morgan fingerprint density at radius 3 is 2.35 bits per heavy atom. The minimum Gasteiger partial charge on any atom is -0.325 e. The van der Waals surface area contributed by atoms with Gasteiger partial charge >= 0.3 is 0 Å². The average Bonchev–Trinajstić information content (AvgIpc) is 2.62. The highest BCUT2D eigenvalue weighted by Crippen LogP contribution is 2.23. The third kappa shape index (κ3) is 4.83. The molecule has 3 aromatic carbocycles. The summed E-state index contributed by atoms with van der Waals surface area (Å²) in [5, 5.41) is 7.49. The molecule has 0 saturated carbocycles. The van der Waals surface area contributed by atoms with Crippen molar-refractivity contribution in [3.05, 3.63) is 72.5 Å². The van der Waals surface area contributed by atoms with Crippen LogP contribution in [0.15, 0.2) is 66.7 Å². The van der Waals surface area contributed by atoms with Gasteiger partial charge in [-0.05, 0) is 29.7 Å². The van der Waals surface area contributed by atoms with Crippen molar-refractivity contribution >= 4 is 45.7 Å². The second kappa shape index (κ2) is 8.49. The monoisotopic (exact) mass is 368 g/mol. The molecule has 132 valence electrons. The van der Waals surface area contributed by atoms with E-state index in [2.05, 4.69) is 10.6 Å². The van der Waals surface area contributed by atoms with Gasteiger partial charge in [0.25, 0.3) is 0 Å². The molecule has 0 saturated heterocycles. The molecule has 2 amide bonds. The maximum atomic E-state index is 13.1. The number of nitrogens with one attached hydrogen (secondary N) is 2. The molecule has 0 heterocycles. The van der Waals surface area contributed by atoms with Gasteiger partial charge in [0.1, 0.15) is 5.82 Å². The summed E-state index contributed by atoms with van der Waals surface area (Å²) in [5.74, 6) is -0.604. The van der Waals surface area contributed by atoms with Gasteiger partial charge in [-0.1, -0.05) is 42.5 Å². The number of hydrogen-bond donors (Lipinski definition) is 2. The van der Waals surface area contributed by atoms with Crippen molar-refractivity contribution in [2.75, 3.05) is 22.1 Å². The smallest absolute Gasteiger partial charge is 0.234 e. The number of rotatable bonds is 6. The van der Waals surface area contributed by atoms with Crippen LogP contribution < -0.4 is 10.6 Å². The Labute approximate surface area is 154 Å². The maximum absolute atomic E-state index is 13.1. The Hall–Kier alpha value is -2.86. The van der Waals surface area contributed by atoms with Gasteiger partial charge in [-0.2, -0.15) is 0 Å². The van der Waals surface area contributed by atoms with Gasteiger partial charge in [-0.15, -0.1) is 11.8 Å². The van der Waals surface area contributed by atoms with E-state index >= 15 is 0 Å². The van der Waals surface area contributed by atoms with E-state index in [1.807, 2.05) is 42.5 Å². The van der Waals surface area contributed by atoms with Crippen LogP contribution in [0.1, 0.15) is 0 Å². The van der Waals surface area contributed by atoms with E-state index in [-0.39, 0.29) is 23.3 Å². The highest BCUT2D eigenvalue weighted by Gasteiger charge is 2.08. The molecule has 0 fully saturated rings. The van der Waals surface area contributed by atoms with Gasteiger partial charge in [0.05, 0.1) is 11.5 Å². The highest BCUT2D eigenvalue weighted by atomic mass is 32.2. The second-order valence-electron chi connectivity index (χ2n) is 5.63. The van der Waals surface area contributed by atoms with Crippen molar-refractivity contribution < 1.29 is 14.0 Å². The first-order chi connectivity index (χ1) is 12.6. The molecule has 0 spiro atoms. The summed E-state index contributed by atoms with van der Waals surface area (Å²) in [4.78, 5) is 24.0. The number of carbonyl (C=O) groups excluding carboxylic acids is 2. The largest absolute Gasteiger partial charge is 0.325 e. The van der Waals surface area contributed by atoms with E-state index < -0.39 is 5.82 Å². The Kier molecular flexibility index (Phi) is 5.86. The molecule has 0 radical (unpaired) electrons. The number of carbonyl (C=O) groups is 2. The standard InChI is InChI=1S/C20H17FN2O2S/c21-15-7-4-8-16(11-15)22-19(24)12-26-13-20(25)23-18-10-3-6-14-5-1-2-9-17(14)18/h1-11H,12-13H2,(H,22,24)(H,23,25). The summed E-state index contributed by atoms with van der Waals surface area (Å²) in [5.41, 5.74) is 1.15. The van der Waals surface area contributed by atoms with Gasteiger partial charge < -0.3 is 10.6 Å². The lowest BCUT2D eigenvalue weighted by atomic mass is 10.1. The molecule has 0 aliphatic heterocycles. The van der Waals surface area contributed by atoms with E-state index in [1.54, 1.807) is 6.07 Å². The Morgan fingerprint density at radius 1 is 0.846 bits per heavy atom. The first-order valence-corrected chi connectivity index (χ1v) is 9.18. The number of fused-ring (bicyclic) bond motifs is 1. The lowest BCUT2D eigenvalue weighted by molar-refractivity contribution is -0.114. The minimum absolute atomic E-state index is 0.111. The number of hydrogen-bond acceptors (Lipinski definition) is 3. The number of thioether (sulfide) groups is 1. The maximum Gasteiger partial charge on any atom is 0.234 e. The lowest BCUT2D eigenvalue weighted by Gasteiger charge is -2.09. The zero-order valence-electron chi connectivity index (χ0n) is 13.9. The molecule has 3 rings (SSSR count). The Bertz CT molecular complexity index is 941. The number of halogens is 1. The van der Waals surface area contributed by atoms with Crippen LogP contribution in [0.2, 0.25) is 0 Å². The topological polar surface area (TPSA) is 58.2 Å². The zero-order chi connectivity index (χ0) is 18.4. The predicted octanol–water partition coefficient (Wildman–Crippen LogP) is 4.29. The Balaban J connectivity index is 1.49. The van der Waals surface area contributed by atoms with Crippen LogP contribution in [0.25, 0.3) is 10.8 Å². The van der Waals surface area contributed by atoms with Crippen molar-refractivity contribution in [2.45, 2.75) is 0 Å². The van der Waals surface area contributed by atoms with Crippen LogP contribution >= 0.6 is 11.8 Å². The average molecular weight is 368 g/mol. The molecular formula is C20H17FN2O2S. The van der Waals surface area contributed by atoms with E-state index in [1.165, 1.54) is 30.0 Å². The SMILES string of the molecule is O=C(CSCC(=O)Nc1cccc2ccccc12)Nc1cccc(F)c1. The van der Waals surface area contributed by atoms with Crippen LogP contribution in [0.5, 0.6) is 0 Å². The fourth-order valence-corrected chi connectivity index (χ4v) is 3.14. The van der Waals surface area contributed by atoms with Gasteiger partial charge in [-0.3, -0.25) is 9.59 Å². The molecule has 0 atom stereocenters. The number of benzene rings is 3. The van der Waals surface area contributed by atoms with E-state index in [4.69, 9.17) is 0 Å². The van der Waals surface area contributed by atoms with Gasteiger partial charge in [0.15, 0.2) is 0 Å². The summed E-state index contributed by atoms with van der Waals surface area (Å²) < 4.78 is 13.1. The van der Waals surface area contributed by atoms with Crippen molar-refractivity contribution in [1.82, 2.24) is 0 Å². The van der Waals surface area contributed by atoms with Crippen LogP contribution in [-0.4, -0.2) is 23.3 Å². The van der Waals surface area contributed by atoms with Crippen molar-refractivity contribution in [1.29, 1.82) is 0 Å². The molecule has 0 bridgehead atoms. The summed E-state index contributed by atoms with van der Waals surface area (Å²) in [7, 11) is 0. The molecule has 6 heteroatoms. The first kappa shape index (κ1) is 17.9. The fourth-order valence-electron chi connectivity index (χ4n) is 2.52. The minimum atomic E-state index is -0.412. The van der Waals surface area contributed by atoms with Crippen molar-refractivity contribution in [3.63, 3.8) is 0 Å². The van der Waals surface area contributed by atoms with Gasteiger partial charge in [0.2, 0.25) is 11.8 Å². The third-order valence-electron chi connectivity index (χ3n) is 3.64. The quantitative estimate of drug-likeness (QED) is 0.682. The zero-order valence-corrected chi connectivity index (χ0v) is 14.7. The Morgan fingerprint density at radius 2 is 1.54 bits per heavy atom. The molecule has 2 N–H and O–H groups in total.